The molecule has 10 atom stereocenters. The van der Waals surface area contributed by atoms with Gasteiger partial charge >= 0.3 is 0 Å². The van der Waals surface area contributed by atoms with Crippen LogP contribution < -0.4 is 19.7 Å². The van der Waals surface area contributed by atoms with Crippen molar-refractivity contribution in [1.82, 2.24) is 5.32 Å². The number of aryl methyl sites for hydroxylation is 1. The highest BCUT2D eigenvalue weighted by molar-refractivity contribution is 7.90. The number of thiol groups is 1. The van der Waals surface area contributed by atoms with Crippen molar-refractivity contribution in [2.24, 2.45) is 0 Å². The maximum Gasteiger partial charge on any atom is 0.251 e. The van der Waals surface area contributed by atoms with E-state index >= 15 is 0 Å². The Hall–Kier alpha value is -6.98. The minimum Gasteiger partial charge on any atom is -0.508 e. The number of unbranched alkanes of at least 4 members (excludes halogenated alkanes) is 2. The number of rotatable bonds is 32. The number of benzene rings is 5. The van der Waals surface area contributed by atoms with Gasteiger partial charge in [-0.05, 0) is 206 Å². The lowest BCUT2D eigenvalue weighted by atomic mass is 9.81. The first-order chi connectivity index (χ1) is 50.4. The monoisotopic (exact) mass is 1480 g/mol. The Morgan fingerprint density at radius 1 is 0.705 bits per heavy atom. The molecule has 1 aliphatic carbocycles. The van der Waals surface area contributed by atoms with Gasteiger partial charge in [-0.15, -0.1) is 0 Å². The Bertz CT molecular complexity index is 4190. The lowest BCUT2D eigenvalue weighted by molar-refractivity contribution is -0.438. The Kier molecular flexibility index (Phi) is 27.0. The van der Waals surface area contributed by atoms with E-state index in [1.165, 1.54) is 40.9 Å². The number of hydrogen-bond acceptors (Lipinski definition) is 15. The maximum absolute atomic E-state index is 13.1. The Morgan fingerprint density at radius 3 is 2.07 bits per heavy atom. The van der Waals surface area contributed by atoms with Crippen LogP contribution >= 0.6 is 0 Å². The summed E-state index contributed by atoms with van der Waals surface area (Å²) < 4.78 is 99.8. The number of allylic oxidation sites excluding steroid dienone is 7. The Morgan fingerprint density at radius 2 is 1.37 bits per heavy atom. The number of sulfone groups is 1. The van der Waals surface area contributed by atoms with E-state index < -0.39 is 51.1 Å². The second-order valence-electron chi connectivity index (χ2n) is 30.6. The van der Waals surface area contributed by atoms with Crippen molar-refractivity contribution < 1.29 is 69.6 Å². The first-order valence-electron chi connectivity index (χ1n) is 38.6. The third-order valence-electron chi connectivity index (χ3n) is 21.7. The zero-order valence-electron chi connectivity index (χ0n) is 63.3. The van der Waals surface area contributed by atoms with Gasteiger partial charge in [0, 0.05) is 88.9 Å². The van der Waals surface area contributed by atoms with E-state index in [2.05, 4.69) is 130 Å². The second-order valence-corrected chi connectivity index (χ2v) is 33.4. The number of aromatic hydroxyl groups is 1. The van der Waals surface area contributed by atoms with Crippen molar-refractivity contribution in [3.8, 4) is 11.5 Å². The predicted molar refractivity (Wildman–Crippen MR) is 414 cm³/mol. The highest BCUT2D eigenvalue weighted by atomic mass is 32.2. The molecule has 1 amide bonds. The van der Waals surface area contributed by atoms with Crippen LogP contribution in [-0.2, 0) is 60.0 Å². The number of aliphatic hydroxyl groups is 1. The second kappa shape index (κ2) is 35.8. The van der Waals surface area contributed by atoms with Gasteiger partial charge in [-0.3, -0.25) is 9.52 Å². The average molecular weight is 1480 g/mol. The van der Waals surface area contributed by atoms with Crippen LogP contribution in [0.4, 0.5) is 17.1 Å². The van der Waals surface area contributed by atoms with Crippen molar-refractivity contribution in [2.75, 3.05) is 35.5 Å². The fourth-order valence-corrected chi connectivity index (χ4v) is 17.0. The number of carbonyl (C=O) groups is 1. The molecule has 18 nitrogen and oxygen atoms in total. The summed E-state index contributed by atoms with van der Waals surface area (Å²) in [5.74, 6) is 1.29. The molecule has 4 N–H and O–H groups in total. The summed E-state index contributed by atoms with van der Waals surface area (Å²) in [5, 5.41) is 25.4. The first-order valence-corrected chi connectivity index (χ1v) is 41.7. The fourth-order valence-electron chi connectivity index (χ4n) is 16.0. The van der Waals surface area contributed by atoms with Crippen molar-refractivity contribution >= 4 is 49.4 Å². The van der Waals surface area contributed by atoms with Gasteiger partial charge in [-0.25, -0.2) is 16.8 Å². The molecule has 5 heterocycles. The van der Waals surface area contributed by atoms with Gasteiger partial charge in [0.25, 0.3) is 5.91 Å². The Balaban J connectivity index is 0.773. The van der Waals surface area contributed by atoms with Gasteiger partial charge in [0.05, 0.1) is 59.6 Å². The number of hydrogen-bond donors (Lipinski definition) is 5. The summed E-state index contributed by atoms with van der Waals surface area (Å²) in [6.45, 7) is 21.8. The van der Waals surface area contributed by atoms with Crippen LogP contribution in [0.5, 0.6) is 11.5 Å². The molecule has 3 fully saturated rings. The number of phenols is 1. The molecule has 568 valence electrons. The third-order valence-corrected chi connectivity index (χ3v) is 23.3. The molecule has 0 radical (unpaired) electrons. The Labute approximate surface area is 625 Å². The van der Waals surface area contributed by atoms with Crippen molar-refractivity contribution in [1.29, 1.82) is 0 Å². The van der Waals surface area contributed by atoms with Crippen LogP contribution in [0.25, 0.3) is 0 Å². The lowest BCUT2D eigenvalue weighted by Gasteiger charge is -2.38. The molecule has 6 aliphatic rings. The van der Waals surface area contributed by atoms with Gasteiger partial charge in [0.1, 0.15) is 23.8 Å². The van der Waals surface area contributed by atoms with Gasteiger partial charge in [0.15, 0.2) is 34.4 Å². The summed E-state index contributed by atoms with van der Waals surface area (Å²) in [6, 6.07) is 33.8. The summed E-state index contributed by atoms with van der Waals surface area (Å²) in [7, 11) is -6.25. The third kappa shape index (κ3) is 20.1. The van der Waals surface area contributed by atoms with Gasteiger partial charge in [-0.1, -0.05) is 109 Å². The highest BCUT2D eigenvalue weighted by Gasteiger charge is 2.46. The quantitative estimate of drug-likeness (QED) is 0.0200. The predicted octanol–water partition coefficient (Wildman–Crippen LogP) is 17.0. The molecule has 5 aromatic rings. The molecular formula is C85H113N4O14S2+. The SMILES string of the molecule is CCCCN1/C(=C/C=C2\CCCC(/C=C/C3=[N+](CCCC)c4ccc(S(C)(=O)=O)cc4C3(C)C)=C2Oc2cccc(C3OC(CCC)CC(CC(O)CCCC4CC(CCCC5CC(CC)OC(CNC(=O)c6ccc(N[SH](=O)=O)cc6)O5)OC(c5cccc(O)c5)O4)O3)c2)C(C)(C)c2cc(C)ccc21. The number of phenolic OH excluding ortho intramolecular Hbond substituents is 1. The number of anilines is 2. The normalized spacial score (nSPS) is 25.0. The molecular weight excluding hydrogens is 1370 g/mol. The molecule has 0 spiro atoms. The largest absolute Gasteiger partial charge is 0.508 e. The first kappa shape index (κ1) is 79.1. The molecule has 0 bridgehead atoms. The van der Waals surface area contributed by atoms with Crippen LogP contribution in [0.3, 0.4) is 0 Å². The topological polar surface area (TPSA) is 221 Å². The number of carbonyl (C=O) groups excluding carboxylic acids is 1. The summed E-state index contributed by atoms with van der Waals surface area (Å²) in [5.41, 5.74) is 12.1. The molecule has 0 saturated carbocycles. The van der Waals surface area contributed by atoms with Crippen LogP contribution in [0.1, 0.15) is 235 Å². The zero-order chi connectivity index (χ0) is 74.6. The number of ether oxygens (including phenoxy) is 7. The average Bonchev–Trinajstić information content (AvgIpc) is 1.59. The van der Waals surface area contributed by atoms with Crippen LogP contribution in [-0.4, -0.2) is 118 Å². The molecule has 5 aliphatic heterocycles. The van der Waals surface area contributed by atoms with E-state index in [9.17, 15) is 31.8 Å². The van der Waals surface area contributed by atoms with E-state index in [1.807, 2.05) is 36.4 Å². The van der Waals surface area contributed by atoms with Gasteiger partial charge in [0.2, 0.25) is 16.6 Å². The summed E-state index contributed by atoms with van der Waals surface area (Å²) in [6.07, 6.45) is 23.1. The molecule has 0 aromatic heterocycles. The summed E-state index contributed by atoms with van der Waals surface area (Å²) in [4.78, 5) is 15.9. The van der Waals surface area contributed by atoms with E-state index in [-0.39, 0.29) is 60.2 Å². The van der Waals surface area contributed by atoms with E-state index in [0.717, 1.165) is 148 Å². The van der Waals surface area contributed by atoms with Crippen molar-refractivity contribution in [2.45, 2.75) is 268 Å². The summed E-state index contributed by atoms with van der Waals surface area (Å²) >= 11 is 0. The van der Waals surface area contributed by atoms with E-state index in [1.54, 1.807) is 36.4 Å². The van der Waals surface area contributed by atoms with Crippen molar-refractivity contribution in [3.63, 3.8) is 0 Å². The highest BCUT2D eigenvalue weighted by Crippen LogP contribution is 2.49. The van der Waals surface area contributed by atoms with Crippen LogP contribution in [0.2, 0.25) is 0 Å². The standard InChI is InChI=1S/C85H112N4O14S2/c1-11-15-45-88-75-41-33-56(5)47-73(75)84(6,7)77(88)43-36-57-23-17-24-58(37-44-78-85(8,9)74-54-72(105(10,95)96)40-42-76(74)89(78)46-16-12-2)80(57)99-67-29-19-26-61(49-67)83-100-66(22-13-3)53-71(103-83)50-64(91)28-20-30-69-52-70(102-82(101-69)60-25-18-27-63(90)48-60)32-21-31-68-51-65(14-4)97-79(98-68)55-86-81(92)59-34-38-62(39-35-59)87-104(93)94/h18-19,25-27,29,33-44,47-49,54,64-66,68-71,79,82-83,91,104H,11-17,20-24,28,30-32,45-46,50-53,55H2,1-10H3,(H2-,86,87,90,92,93,94)/p+1. The number of fused-ring (bicyclic) bond motifs is 2. The minimum atomic E-state index is -3.44. The lowest BCUT2D eigenvalue weighted by Crippen LogP contribution is -2.44. The van der Waals surface area contributed by atoms with Crippen LogP contribution in [0.15, 0.2) is 161 Å². The van der Waals surface area contributed by atoms with E-state index in [0.29, 0.717) is 60.4 Å². The van der Waals surface area contributed by atoms with Crippen molar-refractivity contribution in [3.05, 3.63) is 189 Å². The molecule has 3 saturated heterocycles. The molecule has 5 aromatic carbocycles. The maximum atomic E-state index is 13.1. The van der Waals surface area contributed by atoms with Gasteiger partial charge < -0.3 is 53.6 Å². The number of nitrogens with one attached hydrogen (secondary N) is 2. The minimum absolute atomic E-state index is 0.0340. The molecule has 11 rings (SSSR count). The molecule has 10 unspecified atom stereocenters. The number of amides is 1. The number of nitrogens with zero attached hydrogens (tertiary/aromatic N) is 2. The smallest absolute Gasteiger partial charge is 0.251 e. The van der Waals surface area contributed by atoms with Crippen LogP contribution in [0, 0.1) is 6.92 Å². The molecule has 20 heteroatoms. The molecule has 105 heavy (non-hydrogen) atoms. The zero-order valence-corrected chi connectivity index (χ0v) is 65.0. The van der Waals surface area contributed by atoms with E-state index in [4.69, 9.17) is 33.2 Å². The number of aliphatic hydroxyl groups excluding tert-OH is 1. The van der Waals surface area contributed by atoms with Gasteiger partial charge in [-0.2, -0.15) is 4.58 Å². The fraction of sp³-hybridized carbons (Fsp3) is 0.529.